The van der Waals surface area contributed by atoms with Crippen LogP contribution in [-0.4, -0.2) is 13.0 Å². The Morgan fingerprint density at radius 1 is 0.870 bits per heavy atom. The second kappa shape index (κ2) is 5.56. The van der Waals surface area contributed by atoms with Crippen LogP contribution in [0.5, 0.6) is 0 Å². The Hall–Kier alpha value is -2.59. The van der Waals surface area contributed by atoms with Gasteiger partial charge in [-0.25, -0.2) is 0 Å². The molecule has 0 aliphatic carbocycles. The van der Waals surface area contributed by atoms with Crippen LogP contribution in [0.15, 0.2) is 65.4 Å². The van der Waals surface area contributed by atoms with Crippen LogP contribution < -0.4 is 9.80 Å². The maximum absolute atomic E-state index is 12.8. The lowest BCUT2D eigenvalue weighted by Crippen LogP contribution is -2.24. The molecular weight excluding hydrogens is 304 g/mol. The fourth-order valence-electron chi connectivity index (χ4n) is 2.99. The summed E-state index contributed by atoms with van der Waals surface area (Å²) in [5.74, 6) is 0.0456. The highest BCUT2D eigenvalue weighted by molar-refractivity contribution is 7.08. The summed E-state index contributed by atoms with van der Waals surface area (Å²) in [5, 5.41) is 4.00. The number of carbonyl (C=O) groups is 1. The fraction of sp³-hybridized carbons (Fsp3) is 0.105. The fourth-order valence-corrected chi connectivity index (χ4v) is 3.80. The Bertz CT molecular complexity index is 857. The number of thiophene rings is 1. The molecule has 1 aliphatic heterocycles. The molecule has 3 aromatic rings. The number of nitrogens with zero attached hydrogens (tertiary/aromatic N) is 2. The van der Waals surface area contributed by atoms with Gasteiger partial charge in [-0.05, 0) is 17.7 Å². The van der Waals surface area contributed by atoms with Gasteiger partial charge in [-0.1, -0.05) is 42.5 Å². The molecule has 1 aromatic heterocycles. The standard InChI is InChI=1S/C19H16N2OS/c1-20-16-9-5-6-10-17(16)21(11-14-7-3-2-4-8-14)18-13-23-12-15(18)19(20)22/h2-10,12-13H,11H2,1H3. The summed E-state index contributed by atoms with van der Waals surface area (Å²) in [6.45, 7) is 0.739. The smallest absolute Gasteiger partial charge is 0.261 e. The van der Waals surface area contributed by atoms with Gasteiger partial charge < -0.3 is 9.80 Å². The molecule has 2 aromatic carbocycles. The van der Waals surface area contributed by atoms with Crippen LogP contribution in [0.1, 0.15) is 15.9 Å². The van der Waals surface area contributed by atoms with E-state index in [1.54, 1.807) is 16.2 Å². The molecular formula is C19H16N2OS. The molecule has 2 heterocycles. The molecule has 0 saturated carbocycles. The van der Waals surface area contributed by atoms with Crippen LogP contribution in [0.25, 0.3) is 0 Å². The van der Waals surface area contributed by atoms with Crippen LogP contribution in [0.2, 0.25) is 0 Å². The van der Waals surface area contributed by atoms with Gasteiger partial charge in [0.2, 0.25) is 0 Å². The number of amides is 1. The van der Waals surface area contributed by atoms with Crippen LogP contribution in [0, 0.1) is 0 Å². The van der Waals surface area contributed by atoms with Crippen molar-refractivity contribution in [1.82, 2.24) is 0 Å². The SMILES string of the molecule is CN1C(=O)c2cscc2N(Cc2ccccc2)c2ccccc21. The molecule has 4 heteroatoms. The summed E-state index contributed by atoms with van der Waals surface area (Å²) >= 11 is 1.57. The first-order valence-electron chi connectivity index (χ1n) is 7.50. The Morgan fingerprint density at radius 3 is 2.35 bits per heavy atom. The molecule has 0 fully saturated rings. The highest BCUT2D eigenvalue weighted by atomic mass is 32.1. The zero-order valence-corrected chi connectivity index (χ0v) is 13.6. The van der Waals surface area contributed by atoms with E-state index in [0.29, 0.717) is 0 Å². The molecule has 0 spiro atoms. The van der Waals surface area contributed by atoms with Crippen LogP contribution in [0.3, 0.4) is 0 Å². The van der Waals surface area contributed by atoms with Crippen LogP contribution in [0.4, 0.5) is 17.1 Å². The lowest BCUT2D eigenvalue weighted by molar-refractivity contribution is 0.0994. The summed E-state index contributed by atoms with van der Waals surface area (Å²) in [6.07, 6.45) is 0. The molecule has 0 unspecified atom stereocenters. The second-order valence-corrected chi connectivity index (χ2v) is 6.34. The topological polar surface area (TPSA) is 23.6 Å². The van der Waals surface area contributed by atoms with E-state index in [1.165, 1.54) is 5.56 Å². The molecule has 0 radical (unpaired) electrons. The van der Waals surface area contributed by atoms with Gasteiger partial charge in [-0.15, -0.1) is 11.3 Å². The van der Waals surface area contributed by atoms with Crippen molar-refractivity contribution in [3.8, 4) is 0 Å². The molecule has 1 amide bonds. The Morgan fingerprint density at radius 2 is 1.57 bits per heavy atom. The third kappa shape index (κ3) is 2.32. The molecule has 4 rings (SSSR count). The molecule has 114 valence electrons. The molecule has 23 heavy (non-hydrogen) atoms. The first-order chi connectivity index (χ1) is 11.3. The highest BCUT2D eigenvalue weighted by Crippen LogP contribution is 2.42. The van der Waals surface area contributed by atoms with Gasteiger partial charge in [0, 0.05) is 24.4 Å². The summed E-state index contributed by atoms with van der Waals surface area (Å²) in [4.78, 5) is 16.7. The number of carbonyl (C=O) groups excluding carboxylic acids is 1. The average Bonchev–Trinajstić information content (AvgIpc) is 3.06. The monoisotopic (exact) mass is 320 g/mol. The zero-order chi connectivity index (χ0) is 15.8. The number of fused-ring (bicyclic) bond motifs is 2. The number of rotatable bonds is 2. The van der Waals surface area contributed by atoms with Gasteiger partial charge in [0.05, 0.1) is 22.6 Å². The van der Waals surface area contributed by atoms with Crippen molar-refractivity contribution in [2.24, 2.45) is 0 Å². The summed E-state index contributed by atoms with van der Waals surface area (Å²) in [7, 11) is 1.84. The van der Waals surface area contributed by atoms with Gasteiger partial charge in [0.25, 0.3) is 5.91 Å². The average molecular weight is 320 g/mol. The maximum atomic E-state index is 12.8. The van der Waals surface area contributed by atoms with Crippen molar-refractivity contribution in [2.45, 2.75) is 6.54 Å². The van der Waals surface area contributed by atoms with E-state index >= 15 is 0 Å². The second-order valence-electron chi connectivity index (χ2n) is 5.60. The van der Waals surface area contributed by atoms with Crippen molar-refractivity contribution in [2.75, 3.05) is 16.8 Å². The summed E-state index contributed by atoms with van der Waals surface area (Å²) in [5.41, 5.74) is 4.97. The van der Waals surface area contributed by atoms with Gasteiger partial charge >= 0.3 is 0 Å². The number of para-hydroxylation sites is 2. The van der Waals surface area contributed by atoms with Gasteiger partial charge in [0.15, 0.2) is 0 Å². The summed E-state index contributed by atoms with van der Waals surface area (Å²) < 4.78 is 0. The first kappa shape index (κ1) is 14.0. The molecule has 0 saturated heterocycles. The van der Waals surface area contributed by atoms with Crippen LogP contribution >= 0.6 is 11.3 Å². The molecule has 1 aliphatic rings. The largest absolute Gasteiger partial charge is 0.334 e. The molecule has 0 N–H and O–H groups in total. The Balaban J connectivity index is 1.90. The van der Waals surface area contributed by atoms with Crippen molar-refractivity contribution in [3.63, 3.8) is 0 Å². The van der Waals surface area contributed by atoms with E-state index in [-0.39, 0.29) is 5.91 Å². The molecule has 3 nitrogen and oxygen atoms in total. The quantitative estimate of drug-likeness (QED) is 0.684. The van der Waals surface area contributed by atoms with Gasteiger partial charge in [0.1, 0.15) is 0 Å². The van der Waals surface area contributed by atoms with E-state index in [4.69, 9.17) is 0 Å². The predicted molar refractivity (Wildman–Crippen MR) is 95.8 cm³/mol. The minimum atomic E-state index is 0.0456. The third-order valence-electron chi connectivity index (χ3n) is 4.18. The van der Waals surface area contributed by atoms with Crippen molar-refractivity contribution in [1.29, 1.82) is 0 Å². The Kier molecular flexibility index (Phi) is 3.39. The van der Waals surface area contributed by atoms with E-state index in [0.717, 1.165) is 29.2 Å². The third-order valence-corrected chi connectivity index (χ3v) is 4.92. The number of anilines is 3. The predicted octanol–water partition coefficient (Wildman–Crippen LogP) is 4.68. The van der Waals surface area contributed by atoms with E-state index in [1.807, 2.05) is 48.8 Å². The van der Waals surface area contributed by atoms with E-state index in [9.17, 15) is 4.79 Å². The lowest BCUT2D eigenvalue weighted by Gasteiger charge is -2.26. The Labute approximate surface area is 139 Å². The van der Waals surface area contributed by atoms with Crippen LogP contribution in [-0.2, 0) is 6.54 Å². The molecule has 0 atom stereocenters. The maximum Gasteiger partial charge on any atom is 0.261 e. The minimum Gasteiger partial charge on any atom is -0.334 e. The normalized spacial score (nSPS) is 13.5. The number of hydrogen-bond acceptors (Lipinski definition) is 3. The van der Waals surface area contributed by atoms with Crippen molar-refractivity contribution in [3.05, 3.63) is 76.5 Å². The van der Waals surface area contributed by atoms with E-state index in [2.05, 4.69) is 28.5 Å². The van der Waals surface area contributed by atoms with Gasteiger partial charge in [-0.3, -0.25) is 4.79 Å². The van der Waals surface area contributed by atoms with Crippen molar-refractivity contribution >= 4 is 34.3 Å². The number of benzene rings is 2. The van der Waals surface area contributed by atoms with Gasteiger partial charge in [-0.2, -0.15) is 0 Å². The first-order valence-corrected chi connectivity index (χ1v) is 8.45. The minimum absolute atomic E-state index is 0.0456. The van der Waals surface area contributed by atoms with Crippen molar-refractivity contribution < 1.29 is 4.79 Å². The highest BCUT2D eigenvalue weighted by Gasteiger charge is 2.29. The zero-order valence-electron chi connectivity index (χ0n) is 12.8. The number of hydrogen-bond donors (Lipinski definition) is 0. The lowest BCUT2D eigenvalue weighted by atomic mass is 10.1. The van der Waals surface area contributed by atoms with E-state index < -0.39 is 0 Å². The molecule has 0 bridgehead atoms. The summed E-state index contributed by atoms with van der Waals surface area (Å²) in [6, 6.07) is 18.4.